The van der Waals surface area contributed by atoms with Crippen LogP contribution in [-0.4, -0.2) is 25.7 Å². The van der Waals surface area contributed by atoms with Crippen molar-refractivity contribution in [3.63, 3.8) is 0 Å². The number of aryl methyl sites for hydroxylation is 2. The van der Waals surface area contributed by atoms with Crippen LogP contribution in [0.4, 0.5) is 0 Å². The van der Waals surface area contributed by atoms with Crippen molar-refractivity contribution in [2.45, 2.75) is 12.8 Å². The maximum atomic E-state index is 5.16. The van der Waals surface area contributed by atoms with Gasteiger partial charge in [0.05, 0.1) is 14.2 Å². The monoisotopic (exact) mass is 302 g/mol. The molecular weight excluding hydrogens is 280 g/mol. The molecular formula is C18H22O2S. The minimum atomic E-state index is 0.922. The number of hydrogen-bond donors (Lipinski definition) is 0. The summed E-state index contributed by atoms with van der Waals surface area (Å²) in [6, 6.07) is 16.7. The maximum absolute atomic E-state index is 5.16. The van der Waals surface area contributed by atoms with Crippen LogP contribution < -0.4 is 9.47 Å². The van der Waals surface area contributed by atoms with Crippen LogP contribution in [-0.2, 0) is 12.8 Å². The Labute approximate surface area is 131 Å². The molecule has 0 aliphatic carbocycles. The summed E-state index contributed by atoms with van der Waals surface area (Å²) in [5, 5.41) is 0. The highest BCUT2D eigenvalue weighted by Crippen LogP contribution is 2.16. The van der Waals surface area contributed by atoms with Gasteiger partial charge < -0.3 is 9.47 Å². The van der Waals surface area contributed by atoms with Crippen LogP contribution in [0.3, 0.4) is 0 Å². The molecule has 0 bridgehead atoms. The fraction of sp³-hybridized carbons (Fsp3) is 0.333. The topological polar surface area (TPSA) is 18.5 Å². The summed E-state index contributed by atoms with van der Waals surface area (Å²) in [6.45, 7) is 0. The average molecular weight is 302 g/mol. The molecule has 2 rings (SSSR count). The molecule has 3 heteroatoms. The molecule has 0 radical (unpaired) electrons. The summed E-state index contributed by atoms with van der Waals surface area (Å²) < 4.78 is 10.3. The fourth-order valence-corrected chi connectivity index (χ4v) is 3.03. The van der Waals surface area contributed by atoms with Gasteiger partial charge in [-0.2, -0.15) is 11.8 Å². The van der Waals surface area contributed by atoms with Crippen molar-refractivity contribution in [1.29, 1.82) is 0 Å². The summed E-state index contributed by atoms with van der Waals surface area (Å²) in [5.74, 6) is 4.15. The predicted octanol–water partition coefficient (Wildman–Crippen LogP) is 4.22. The van der Waals surface area contributed by atoms with E-state index < -0.39 is 0 Å². The number of thioether (sulfide) groups is 1. The molecule has 0 amide bonds. The molecule has 2 aromatic carbocycles. The van der Waals surface area contributed by atoms with Gasteiger partial charge in [0.2, 0.25) is 0 Å². The van der Waals surface area contributed by atoms with E-state index in [1.807, 2.05) is 36.0 Å². The lowest BCUT2D eigenvalue weighted by Gasteiger charge is -2.05. The van der Waals surface area contributed by atoms with Gasteiger partial charge in [-0.25, -0.2) is 0 Å². The Bertz CT molecular complexity index is 470. The lowest BCUT2D eigenvalue weighted by Crippen LogP contribution is -1.93. The number of benzene rings is 2. The van der Waals surface area contributed by atoms with Crippen molar-refractivity contribution in [2.24, 2.45) is 0 Å². The lowest BCUT2D eigenvalue weighted by atomic mass is 10.2. The Morgan fingerprint density at radius 3 is 1.38 bits per heavy atom. The summed E-state index contributed by atoms with van der Waals surface area (Å²) in [4.78, 5) is 0. The van der Waals surface area contributed by atoms with E-state index in [-0.39, 0.29) is 0 Å². The number of ether oxygens (including phenoxy) is 2. The first-order valence-corrected chi connectivity index (χ1v) is 8.31. The second-order valence-corrected chi connectivity index (χ2v) is 6.03. The second kappa shape index (κ2) is 8.63. The van der Waals surface area contributed by atoms with E-state index in [0.717, 1.165) is 35.8 Å². The second-order valence-electron chi connectivity index (χ2n) is 4.81. The van der Waals surface area contributed by atoms with Gasteiger partial charge in [-0.05, 0) is 59.7 Å². The zero-order valence-electron chi connectivity index (χ0n) is 12.7. The van der Waals surface area contributed by atoms with E-state index >= 15 is 0 Å². The van der Waals surface area contributed by atoms with E-state index in [2.05, 4.69) is 24.3 Å². The molecule has 0 N–H and O–H groups in total. The van der Waals surface area contributed by atoms with Crippen molar-refractivity contribution in [2.75, 3.05) is 25.7 Å². The van der Waals surface area contributed by atoms with Gasteiger partial charge in [-0.15, -0.1) is 0 Å². The first-order valence-electron chi connectivity index (χ1n) is 7.15. The molecule has 0 fully saturated rings. The molecule has 0 heterocycles. The van der Waals surface area contributed by atoms with Crippen LogP contribution in [0, 0.1) is 0 Å². The molecule has 0 aromatic heterocycles. The standard InChI is InChI=1S/C18H22O2S/c1-19-17-7-3-15(4-8-17)11-13-21-14-12-16-5-9-18(20-2)10-6-16/h3-10H,11-14H2,1-2H3. The Morgan fingerprint density at radius 1 is 0.667 bits per heavy atom. The molecule has 2 aromatic rings. The van der Waals surface area contributed by atoms with Gasteiger partial charge in [0, 0.05) is 0 Å². The molecule has 2 nitrogen and oxygen atoms in total. The fourth-order valence-electron chi connectivity index (χ4n) is 2.07. The highest BCUT2D eigenvalue weighted by atomic mass is 32.2. The highest BCUT2D eigenvalue weighted by Gasteiger charge is 1.97. The van der Waals surface area contributed by atoms with E-state index in [1.165, 1.54) is 11.1 Å². The Balaban J connectivity index is 1.64. The van der Waals surface area contributed by atoms with Crippen molar-refractivity contribution in [1.82, 2.24) is 0 Å². The molecule has 0 spiro atoms. The van der Waals surface area contributed by atoms with Gasteiger partial charge in [0.15, 0.2) is 0 Å². The Hall–Kier alpha value is -1.61. The molecule has 112 valence electrons. The number of methoxy groups -OCH3 is 2. The Morgan fingerprint density at radius 2 is 1.05 bits per heavy atom. The van der Waals surface area contributed by atoms with E-state index in [0.29, 0.717) is 0 Å². The number of rotatable bonds is 8. The summed E-state index contributed by atoms with van der Waals surface area (Å²) in [6.07, 6.45) is 2.22. The zero-order chi connectivity index (χ0) is 14.9. The van der Waals surface area contributed by atoms with Crippen LogP contribution in [0.1, 0.15) is 11.1 Å². The average Bonchev–Trinajstić information content (AvgIpc) is 2.55. The van der Waals surface area contributed by atoms with Gasteiger partial charge in [0.25, 0.3) is 0 Å². The quantitative estimate of drug-likeness (QED) is 0.680. The SMILES string of the molecule is COc1ccc(CCSCCc2ccc(OC)cc2)cc1. The van der Waals surface area contributed by atoms with Crippen molar-refractivity contribution < 1.29 is 9.47 Å². The molecule has 0 aliphatic heterocycles. The molecule has 0 unspecified atom stereocenters. The maximum Gasteiger partial charge on any atom is 0.118 e. The first-order chi connectivity index (χ1) is 10.3. The van der Waals surface area contributed by atoms with Crippen LogP contribution in [0.15, 0.2) is 48.5 Å². The van der Waals surface area contributed by atoms with E-state index in [9.17, 15) is 0 Å². The van der Waals surface area contributed by atoms with Crippen molar-refractivity contribution in [3.8, 4) is 11.5 Å². The van der Waals surface area contributed by atoms with Gasteiger partial charge in [-0.1, -0.05) is 24.3 Å². The van der Waals surface area contributed by atoms with E-state index in [4.69, 9.17) is 9.47 Å². The summed E-state index contributed by atoms with van der Waals surface area (Å²) in [5.41, 5.74) is 2.74. The molecule has 0 aliphatic rings. The Kier molecular flexibility index (Phi) is 6.48. The lowest BCUT2D eigenvalue weighted by molar-refractivity contribution is 0.414. The van der Waals surface area contributed by atoms with Gasteiger partial charge >= 0.3 is 0 Å². The summed E-state index contributed by atoms with van der Waals surface area (Å²) in [7, 11) is 3.40. The van der Waals surface area contributed by atoms with Crippen LogP contribution in [0.5, 0.6) is 11.5 Å². The third kappa shape index (κ3) is 5.35. The van der Waals surface area contributed by atoms with Gasteiger partial charge in [-0.3, -0.25) is 0 Å². The number of hydrogen-bond acceptors (Lipinski definition) is 3. The van der Waals surface area contributed by atoms with Crippen molar-refractivity contribution >= 4 is 11.8 Å². The molecule has 0 atom stereocenters. The summed E-state index contributed by atoms with van der Waals surface area (Å²) >= 11 is 2.00. The van der Waals surface area contributed by atoms with E-state index in [1.54, 1.807) is 14.2 Å². The van der Waals surface area contributed by atoms with Crippen LogP contribution in [0.25, 0.3) is 0 Å². The van der Waals surface area contributed by atoms with Crippen LogP contribution in [0.2, 0.25) is 0 Å². The third-order valence-electron chi connectivity index (χ3n) is 3.39. The predicted molar refractivity (Wildman–Crippen MR) is 90.7 cm³/mol. The highest BCUT2D eigenvalue weighted by molar-refractivity contribution is 7.99. The minimum Gasteiger partial charge on any atom is -0.497 e. The molecule has 21 heavy (non-hydrogen) atoms. The first kappa shape index (κ1) is 15.8. The molecule has 0 saturated carbocycles. The minimum absolute atomic E-state index is 0.922. The zero-order valence-corrected chi connectivity index (χ0v) is 13.5. The third-order valence-corrected chi connectivity index (χ3v) is 4.37. The van der Waals surface area contributed by atoms with Crippen LogP contribution >= 0.6 is 11.8 Å². The normalized spacial score (nSPS) is 10.4. The smallest absolute Gasteiger partial charge is 0.118 e. The molecule has 0 saturated heterocycles. The van der Waals surface area contributed by atoms with Gasteiger partial charge in [0.1, 0.15) is 11.5 Å². The largest absolute Gasteiger partial charge is 0.497 e. The van der Waals surface area contributed by atoms with Crippen molar-refractivity contribution in [3.05, 3.63) is 59.7 Å².